The highest BCUT2D eigenvalue weighted by Crippen LogP contribution is 2.34. The first-order valence-electron chi connectivity index (χ1n) is 13.5. The maximum atomic E-state index is 13.7. The van der Waals surface area contributed by atoms with Crippen molar-refractivity contribution in [3.63, 3.8) is 0 Å². The number of halogens is 2. The molecule has 0 spiro atoms. The summed E-state index contributed by atoms with van der Waals surface area (Å²) in [5.41, 5.74) is 11.1. The number of hydrogen-bond donors (Lipinski definition) is 3. The Hall–Kier alpha value is -4.18. The Balaban J connectivity index is 1.59. The van der Waals surface area contributed by atoms with E-state index in [1.807, 2.05) is 44.2 Å². The largest absolute Gasteiger partial charge is 0.388 e. The van der Waals surface area contributed by atoms with Gasteiger partial charge in [-0.25, -0.2) is 10.8 Å². The van der Waals surface area contributed by atoms with Gasteiger partial charge in [0.15, 0.2) is 0 Å². The SMILES string of the molecule is Cc1ccc2c(c1)NC(=O)C(C)CCCC(n1cnc(-c3cc(Cl)ccc3N(N)/C=C(\N)Cl)cc1=O)c1cc-2ccn1. The summed E-state index contributed by atoms with van der Waals surface area (Å²) in [6.07, 6.45) is 6.54. The van der Waals surface area contributed by atoms with Gasteiger partial charge in [-0.05, 0) is 67.3 Å². The van der Waals surface area contributed by atoms with Gasteiger partial charge >= 0.3 is 0 Å². The summed E-state index contributed by atoms with van der Waals surface area (Å²) in [5.74, 6) is 5.91. The number of fused-ring (bicyclic) bond motifs is 4. The number of hydrogen-bond acceptors (Lipinski definition) is 7. The van der Waals surface area contributed by atoms with Crippen LogP contribution in [-0.2, 0) is 4.79 Å². The van der Waals surface area contributed by atoms with Crippen LogP contribution in [0.1, 0.15) is 43.5 Å². The number of nitrogens with two attached hydrogens (primary N) is 2. The van der Waals surface area contributed by atoms with Crippen molar-refractivity contribution in [2.24, 2.45) is 17.5 Å². The quantitative estimate of drug-likeness (QED) is 0.149. The molecular weight excluding hydrogens is 573 g/mol. The Morgan fingerprint density at radius 3 is 2.64 bits per heavy atom. The third-order valence-corrected chi connectivity index (χ3v) is 7.71. The molecule has 9 nitrogen and oxygen atoms in total. The molecule has 5 rings (SSSR count). The third kappa shape index (κ3) is 6.33. The number of pyridine rings is 1. The zero-order chi connectivity index (χ0) is 30.0. The summed E-state index contributed by atoms with van der Waals surface area (Å²) in [5, 5.41) is 4.80. The molecule has 2 bridgehead atoms. The number of rotatable bonds is 4. The third-order valence-electron chi connectivity index (χ3n) is 7.38. The maximum absolute atomic E-state index is 13.7. The zero-order valence-corrected chi connectivity index (χ0v) is 24.7. The topological polar surface area (TPSA) is 132 Å². The van der Waals surface area contributed by atoms with Gasteiger partial charge in [0, 0.05) is 40.0 Å². The summed E-state index contributed by atoms with van der Waals surface area (Å²) in [4.78, 5) is 36.0. The van der Waals surface area contributed by atoms with Gasteiger partial charge in [0.25, 0.3) is 5.56 Å². The molecule has 2 unspecified atom stereocenters. The van der Waals surface area contributed by atoms with E-state index in [0.29, 0.717) is 41.2 Å². The summed E-state index contributed by atoms with van der Waals surface area (Å²) in [7, 11) is 0. The second-order valence-electron chi connectivity index (χ2n) is 10.5. The molecule has 2 aromatic carbocycles. The molecule has 0 saturated heterocycles. The lowest BCUT2D eigenvalue weighted by molar-refractivity contribution is -0.119. The van der Waals surface area contributed by atoms with E-state index in [9.17, 15) is 9.59 Å². The number of benzene rings is 2. The second kappa shape index (κ2) is 12.4. The summed E-state index contributed by atoms with van der Waals surface area (Å²) < 4.78 is 1.59. The van der Waals surface area contributed by atoms with E-state index in [2.05, 4.69) is 15.3 Å². The van der Waals surface area contributed by atoms with Crippen molar-refractivity contribution in [1.29, 1.82) is 0 Å². The van der Waals surface area contributed by atoms with Crippen LogP contribution < -0.4 is 27.5 Å². The van der Waals surface area contributed by atoms with Crippen LogP contribution in [0.3, 0.4) is 0 Å². The lowest BCUT2D eigenvalue weighted by Crippen LogP contribution is -2.28. The Kier molecular flexibility index (Phi) is 8.63. The predicted molar refractivity (Wildman–Crippen MR) is 168 cm³/mol. The van der Waals surface area contributed by atoms with Crippen molar-refractivity contribution < 1.29 is 4.79 Å². The van der Waals surface area contributed by atoms with Crippen molar-refractivity contribution in [2.75, 3.05) is 10.3 Å². The van der Waals surface area contributed by atoms with Crippen molar-refractivity contribution in [1.82, 2.24) is 14.5 Å². The number of carbonyl (C=O) groups is 1. The Labute approximate surface area is 253 Å². The van der Waals surface area contributed by atoms with Crippen LogP contribution in [0.5, 0.6) is 0 Å². The molecule has 1 aliphatic rings. The van der Waals surface area contributed by atoms with Crippen LogP contribution in [0, 0.1) is 12.8 Å². The molecule has 4 aromatic rings. The molecule has 11 heteroatoms. The van der Waals surface area contributed by atoms with Crippen molar-refractivity contribution in [3.8, 4) is 22.4 Å². The van der Waals surface area contributed by atoms with Crippen molar-refractivity contribution in [2.45, 2.75) is 39.2 Å². The minimum atomic E-state index is -0.397. The lowest BCUT2D eigenvalue weighted by Gasteiger charge is -2.23. The molecule has 0 saturated carbocycles. The second-order valence-corrected chi connectivity index (χ2v) is 11.3. The average molecular weight is 605 g/mol. The van der Waals surface area contributed by atoms with Gasteiger partial charge in [0.05, 0.1) is 35.6 Å². The Morgan fingerprint density at radius 2 is 1.88 bits per heavy atom. The molecule has 216 valence electrons. The fourth-order valence-electron chi connectivity index (χ4n) is 5.18. The minimum absolute atomic E-state index is 0.0106. The molecule has 1 amide bonds. The van der Waals surface area contributed by atoms with E-state index in [4.69, 9.17) is 34.8 Å². The molecule has 1 aliphatic heterocycles. The number of amides is 1. The van der Waals surface area contributed by atoms with Gasteiger partial charge in [0.1, 0.15) is 5.16 Å². The highest BCUT2D eigenvalue weighted by Gasteiger charge is 2.23. The van der Waals surface area contributed by atoms with Crippen LogP contribution in [0.4, 0.5) is 11.4 Å². The smallest absolute Gasteiger partial charge is 0.254 e. The van der Waals surface area contributed by atoms with E-state index in [1.165, 1.54) is 23.6 Å². The number of nitrogens with one attached hydrogen (secondary N) is 1. The van der Waals surface area contributed by atoms with E-state index >= 15 is 0 Å². The van der Waals surface area contributed by atoms with Gasteiger partial charge < -0.3 is 11.1 Å². The first kappa shape index (κ1) is 29.3. The molecule has 0 fully saturated rings. The first-order valence-corrected chi connectivity index (χ1v) is 14.3. The molecule has 42 heavy (non-hydrogen) atoms. The zero-order valence-electron chi connectivity index (χ0n) is 23.2. The van der Waals surface area contributed by atoms with Crippen LogP contribution >= 0.6 is 23.2 Å². The summed E-state index contributed by atoms with van der Waals surface area (Å²) >= 11 is 12.1. The van der Waals surface area contributed by atoms with Crippen LogP contribution in [-0.4, -0.2) is 20.4 Å². The van der Waals surface area contributed by atoms with Gasteiger partial charge in [-0.1, -0.05) is 48.7 Å². The fraction of sp³-hybridized carbons (Fsp3) is 0.226. The van der Waals surface area contributed by atoms with Crippen molar-refractivity contribution >= 4 is 40.5 Å². The average Bonchev–Trinajstić information content (AvgIpc) is 2.94. The number of aromatic nitrogens is 3. The molecule has 3 heterocycles. The predicted octanol–water partition coefficient (Wildman–Crippen LogP) is 5.96. The highest BCUT2D eigenvalue weighted by molar-refractivity contribution is 6.31. The Bertz CT molecular complexity index is 1730. The highest BCUT2D eigenvalue weighted by atomic mass is 35.5. The minimum Gasteiger partial charge on any atom is -0.388 e. The number of nitrogens with zero attached hydrogens (tertiary/aromatic N) is 4. The van der Waals surface area contributed by atoms with Gasteiger partial charge in [0.2, 0.25) is 5.91 Å². The maximum Gasteiger partial charge on any atom is 0.254 e. The number of carbonyl (C=O) groups excluding carboxylic acids is 1. The standard InChI is InChI=1S/C31H31Cl2N7O2/c1-18-6-8-22-20-10-11-36-26(13-20)28(5-3-4-19(2)31(42)38-25(22)12-18)39-17-37-24(15-30(39)41)23-14-21(32)7-9-27(23)40(35)16-29(33)34/h6-17,19,28H,3-5,34-35H2,1-2H3,(H,38,42)/b29-16-. The number of hydrazine groups is 1. The van der Waals surface area contributed by atoms with E-state index in [-0.39, 0.29) is 22.5 Å². The molecule has 2 atom stereocenters. The number of anilines is 2. The van der Waals surface area contributed by atoms with Gasteiger partial charge in [-0.2, -0.15) is 0 Å². The molecule has 0 aliphatic carbocycles. The van der Waals surface area contributed by atoms with Crippen LogP contribution in [0.25, 0.3) is 22.4 Å². The van der Waals surface area contributed by atoms with Gasteiger partial charge in [-0.3, -0.25) is 24.1 Å². The monoisotopic (exact) mass is 603 g/mol. The molecule has 0 radical (unpaired) electrons. The molecule has 2 aromatic heterocycles. The molecular formula is C31H31Cl2N7O2. The van der Waals surface area contributed by atoms with E-state index in [1.54, 1.807) is 29.0 Å². The summed E-state index contributed by atoms with van der Waals surface area (Å²) in [6.45, 7) is 3.91. The first-order chi connectivity index (χ1) is 20.1. The van der Waals surface area contributed by atoms with E-state index < -0.39 is 6.04 Å². The van der Waals surface area contributed by atoms with Crippen LogP contribution in [0.15, 0.2) is 83.3 Å². The van der Waals surface area contributed by atoms with Crippen LogP contribution in [0.2, 0.25) is 5.02 Å². The van der Waals surface area contributed by atoms with Crippen molar-refractivity contribution in [3.05, 3.63) is 105 Å². The van der Waals surface area contributed by atoms with Gasteiger partial charge in [-0.15, -0.1) is 0 Å². The normalized spacial score (nSPS) is 17.5. The molecule has 5 N–H and O–H groups in total. The Morgan fingerprint density at radius 1 is 1.07 bits per heavy atom. The van der Waals surface area contributed by atoms with E-state index in [0.717, 1.165) is 28.1 Å². The lowest BCUT2D eigenvalue weighted by atomic mass is 9.95. The fourth-order valence-corrected chi connectivity index (χ4v) is 5.45. The number of aryl methyl sites for hydroxylation is 1. The summed E-state index contributed by atoms with van der Waals surface area (Å²) in [6, 6.07) is 15.9.